The summed E-state index contributed by atoms with van der Waals surface area (Å²) in [6.07, 6.45) is 4.20. The molecule has 2 aromatic carbocycles. The number of nitrogens with one attached hydrogen (secondary N) is 2. The molecule has 0 atom stereocenters. The number of hydrogen-bond acceptors (Lipinski definition) is 4. The molecule has 0 spiro atoms. The van der Waals surface area contributed by atoms with E-state index in [0.717, 1.165) is 17.0 Å². The molecule has 1 amide bonds. The van der Waals surface area contributed by atoms with Gasteiger partial charge in [-0.05, 0) is 61.4 Å². The smallest absolute Gasteiger partial charge is 0.261 e. The van der Waals surface area contributed by atoms with E-state index in [0.29, 0.717) is 24.2 Å². The Bertz CT molecular complexity index is 1120. The lowest BCUT2D eigenvalue weighted by Gasteiger charge is -2.10. The molecule has 0 unspecified atom stereocenters. The molecule has 7 nitrogen and oxygen atoms in total. The Morgan fingerprint density at radius 1 is 1.07 bits per heavy atom. The number of amides is 1. The SMILES string of the molecule is Cc1ccc(S(=O)(=O)Nc2ccc(C(=O)NCCc3nccn3C)cc2)cc1C. The maximum atomic E-state index is 12.6. The summed E-state index contributed by atoms with van der Waals surface area (Å²) in [6, 6.07) is 11.3. The molecule has 0 bridgehead atoms. The van der Waals surface area contributed by atoms with Crippen molar-refractivity contribution in [3.8, 4) is 0 Å². The number of anilines is 1. The molecule has 0 saturated carbocycles. The first-order valence-corrected chi connectivity index (χ1v) is 10.7. The van der Waals surface area contributed by atoms with Crippen LogP contribution < -0.4 is 10.0 Å². The molecule has 0 fully saturated rings. The van der Waals surface area contributed by atoms with Crippen LogP contribution in [0.1, 0.15) is 27.3 Å². The number of sulfonamides is 1. The number of benzene rings is 2. The largest absolute Gasteiger partial charge is 0.352 e. The number of carbonyl (C=O) groups excluding carboxylic acids is 1. The van der Waals surface area contributed by atoms with E-state index in [1.807, 2.05) is 31.7 Å². The van der Waals surface area contributed by atoms with Crippen molar-refractivity contribution < 1.29 is 13.2 Å². The van der Waals surface area contributed by atoms with Gasteiger partial charge in [-0.1, -0.05) is 6.07 Å². The summed E-state index contributed by atoms with van der Waals surface area (Å²) < 4.78 is 29.6. The first kappa shape index (κ1) is 20.6. The first-order valence-electron chi connectivity index (χ1n) is 9.21. The van der Waals surface area contributed by atoms with Crippen molar-refractivity contribution in [3.63, 3.8) is 0 Å². The Kier molecular flexibility index (Phi) is 6.03. The number of rotatable bonds is 7. The predicted octanol–water partition coefficient (Wildman–Crippen LogP) is 2.81. The van der Waals surface area contributed by atoms with E-state index < -0.39 is 10.0 Å². The van der Waals surface area contributed by atoms with Gasteiger partial charge >= 0.3 is 0 Å². The predicted molar refractivity (Wildman–Crippen MR) is 112 cm³/mol. The maximum absolute atomic E-state index is 12.6. The fraction of sp³-hybridized carbons (Fsp3) is 0.238. The first-order chi connectivity index (χ1) is 13.8. The highest BCUT2D eigenvalue weighted by atomic mass is 32.2. The van der Waals surface area contributed by atoms with Gasteiger partial charge in [0, 0.05) is 43.7 Å². The van der Waals surface area contributed by atoms with Crippen LogP contribution in [0.4, 0.5) is 5.69 Å². The Morgan fingerprint density at radius 3 is 2.41 bits per heavy atom. The van der Waals surface area contributed by atoms with Crippen LogP contribution in [0.3, 0.4) is 0 Å². The van der Waals surface area contributed by atoms with E-state index in [-0.39, 0.29) is 10.8 Å². The van der Waals surface area contributed by atoms with Gasteiger partial charge in [-0.2, -0.15) is 0 Å². The Morgan fingerprint density at radius 2 is 1.79 bits per heavy atom. The highest BCUT2D eigenvalue weighted by Crippen LogP contribution is 2.19. The molecule has 3 rings (SSSR count). The molecule has 0 radical (unpaired) electrons. The van der Waals surface area contributed by atoms with Gasteiger partial charge in [-0.3, -0.25) is 9.52 Å². The van der Waals surface area contributed by atoms with Gasteiger partial charge in [-0.25, -0.2) is 13.4 Å². The highest BCUT2D eigenvalue weighted by Gasteiger charge is 2.15. The topological polar surface area (TPSA) is 93.1 Å². The fourth-order valence-corrected chi connectivity index (χ4v) is 3.96. The van der Waals surface area contributed by atoms with Crippen molar-refractivity contribution in [2.75, 3.05) is 11.3 Å². The molecule has 1 heterocycles. The molecule has 29 heavy (non-hydrogen) atoms. The summed E-state index contributed by atoms with van der Waals surface area (Å²) in [5.41, 5.74) is 2.79. The summed E-state index contributed by atoms with van der Waals surface area (Å²) in [5.74, 6) is 0.671. The number of nitrogens with zero attached hydrogens (tertiary/aromatic N) is 2. The van der Waals surface area contributed by atoms with E-state index in [4.69, 9.17) is 0 Å². The van der Waals surface area contributed by atoms with Gasteiger partial charge in [0.25, 0.3) is 15.9 Å². The van der Waals surface area contributed by atoms with Crippen LogP contribution in [0.5, 0.6) is 0 Å². The second kappa shape index (κ2) is 8.48. The van der Waals surface area contributed by atoms with Crippen LogP contribution in [-0.2, 0) is 23.5 Å². The van der Waals surface area contributed by atoms with Crippen molar-refractivity contribution in [1.82, 2.24) is 14.9 Å². The van der Waals surface area contributed by atoms with Crippen LogP contribution in [0.25, 0.3) is 0 Å². The maximum Gasteiger partial charge on any atom is 0.261 e. The standard InChI is InChI=1S/C21H24N4O3S/c1-15-4-9-19(14-16(15)2)29(27,28)24-18-7-5-17(6-8-18)21(26)23-11-10-20-22-12-13-25(20)3/h4-9,12-14,24H,10-11H2,1-3H3,(H,23,26). The Balaban J connectivity index is 1.61. The third kappa shape index (κ3) is 5.03. The number of aromatic nitrogens is 2. The number of imidazole rings is 1. The minimum Gasteiger partial charge on any atom is -0.352 e. The van der Waals surface area contributed by atoms with Crippen molar-refractivity contribution >= 4 is 21.6 Å². The van der Waals surface area contributed by atoms with Gasteiger partial charge in [-0.15, -0.1) is 0 Å². The second-order valence-electron chi connectivity index (χ2n) is 6.89. The van der Waals surface area contributed by atoms with Crippen LogP contribution in [0.2, 0.25) is 0 Å². The van der Waals surface area contributed by atoms with Gasteiger partial charge in [0.2, 0.25) is 0 Å². The van der Waals surface area contributed by atoms with E-state index in [2.05, 4.69) is 15.0 Å². The third-order valence-corrected chi connectivity index (χ3v) is 6.12. The molecule has 1 aromatic heterocycles. The van der Waals surface area contributed by atoms with Gasteiger partial charge in [0.15, 0.2) is 0 Å². The average Bonchev–Trinajstić information content (AvgIpc) is 3.09. The molecule has 0 saturated heterocycles. The lowest BCUT2D eigenvalue weighted by molar-refractivity contribution is 0.0954. The quantitative estimate of drug-likeness (QED) is 0.624. The van der Waals surface area contributed by atoms with Gasteiger partial charge in [0.05, 0.1) is 4.90 Å². The van der Waals surface area contributed by atoms with Gasteiger partial charge in [0.1, 0.15) is 5.82 Å². The molecule has 8 heteroatoms. The lowest BCUT2D eigenvalue weighted by Crippen LogP contribution is -2.26. The summed E-state index contributed by atoms with van der Waals surface area (Å²) in [6.45, 7) is 4.26. The molecule has 0 aliphatic carbocycles. The normalized spacial score (nSPS) is 11.3. The van der Waals surface area contributed by atoms with E-state index in [1.165, 1.54) is 0 Å². The molecule has 0 aliphatic rings. The lowest BCUT2D eigenvalue weighted by atomic mass is 10.1. The minimum absolute atomic E-state index is 0.205. The summed E-state index contributed by atoms with van der Waals surface area (Å²) in [7, 11) is -1.78. The van der Waals surface area contributed by atoms with E-state index in [1.54, 1.807) is 48.7 Å². The molecular formula is C21H24N4O3S. The summed E-state index contributed by atoms with van der Waals surface area (Å²) in [4.78, 5) is 16.7. The monoisotopic (exact) mass is 412 g/mol. The average molecular weight is 413 g/mol. The minimum atomic E-state index is -3.69. The molecular weight excluding hydrogens is 388 g/mol. The van der Waals surface area contributed by atoms with Crippen molar-refractivity contribution in [1.29, 1.82) is 0 Å². The fourth-order valence-electron chi connectivity index (χ4n) is 2.81. The van der Waals surface area contributed by atoms with Gasteiger partial charge < -0.3 is 9.88 Å². The van der Waals surface area contributed by atoms with Crippen LogP contribution >= 0.6 is 0 Å². The molecule has 3 aromatic rings. The number of hydrogen-bond donors (Lipinski definition) is 2. The molecule has 152 valence electrons. The zero-order chi connectivity index (χ0) is 21.0. The Hall–Kier alpha value is -3.13. The summed E-state index contributed by atoms with van der Waals surface area (Å²) in [5, 5.41) is 2.84. The van der Waals surface area contributed by atoms with Crippen LogP contribution in [0, 0.1) is 13.8 Å². The van der Waals surface area contributed by atoms with E-state index >= 15 is 0 Å². The van der Waals surface area contributed by atoms with Crippen LogP contribution in [0.15, 0.2) is 59.8 Å². The number of aryl methyl sites for hydroxylation is 3. The zero-order valence-corrected chi connectivity index (χ0v) is 17.5. The molecule has 0 aliphatic heterocycles. The third-order valence-electron chi connectivity index (χ3n) is 4.74. The summed E-state index contributed by atoms with van der Waals surface area (Å²) >= 11 is 0. The Labute approximate surface area is 170 Å². The van der Waals surface area contributed by atoms with Crippen molar-refractivity contribution in [2.45, 2.75) is 25.2 Å². The van der Waals surface area contributed by atoms with Crippen molar-refractivity contribution in [3.05, 3.63) is 77.4 Å². The second-order valence-corrected chi connectivity index (χ2v) is 8.57. The van der Waals surface area contributed by atoms with Crippen molar-refractivity contribution in [2.24, 2.45) is 7.05 Å². The van der Waals surface area contributed by atoms with E-state index in [9.17, 15) is 13.2 Å². The molecule has 2 N–H and O–H groups in total. The van der Waals surface area contributed by atoms with Crippen LogP contribution in [-0.4, -0.2) is 30.4 Å². The highest BCUT2D eigenvalue weighted by molar-refractivity contribution is 7.92. The number of carbonyl (C=O) groups is 1. The zero-order valence-electron chi connectivity index (χ0n) is 16.6.